The van der Waals surface area contributed by atoms with Gasteiger partial charge in [-0.05, 0) is 5.56 Å². The monoisotopic (exact) mass is 488 g/mol. The molecule has 1 saturated heterocycles. The number of thioether (sulfide) groups is 1. The van der Waals surface area contributed by atoms with E-state index in [4.69, 9.17) is 9.47 Å². The molecule has 2 aliphatic rings. The highest BCUT2D eigenvalue weighted by molar-refractivity contribution is 8.00. The van der Waals surface area contributed by atoms with Gasteiger partial charge in [-0.15, -0.1) is 22.0 Å². The number of nitrogens with zero attached hydrogens (tertiary/aromatic N) is 4. The number of β-lactam (4-membered cyclic amide) rings is 1. The van der Waals surface area contributed by atoms with Gasteiger partial charge in [0.1, 0.15) is 17.7 Å². The molecule has 2 atom stereocenters. The Morgan fingerprint density at radius 2 is 2.06 bits per heavy atom. The summed E-state index contributed by atoms with van der Waals surface area (Å²) < 4.78 is 10.9. The maximum absolute atomic E-state index is 13.4. The van der Waals surface area contributed by atoms with Crippen molar-refractivity contribution in [2.24, 2.45) is 0 Å². The zero-order valence-electron chi connectivity index (χ0n) is 17.9. The minimum atomic E-state index is -1.81. The molecule has 2 aromatic rings. The Balaban J connectivity index is 1.61. The van der Waals surface area contributed by atoms with Crippen molar-refractivity contribution in [3.05, 3.63) is 53.0 Å². The van der Waals surface area contributed by atoms with E-state index in [0.29, 0.717) is 0 Å². The second-order valence-electron chi connectivity index (χ2n) is 7.44. The summed E-state index contributed by atoms with van der Waals surface area (Å²) in [6.45, 7) is 0.936. The van der Waals surface area contributed by atoms with Crippen LogP contribution in [0.3, 0.4) is 0 Å². The van der Waals surface area contributed by atoms with Gasteiger partial charge in [0.15, 0.2) is 5.82 Å². The van der Waals surface area contributed by atoms with Crippen molar-refractivity contribution >= 4 is 35.5 Å². The van der Waals surface area contributed by atoms with Gasteiger partial charge in [0, 0.05) is 18.2 Å². The van der Waals surface area contributed by atoms with Gasteiger partial charge in [-0.3, -0.25) is 19.3 Å². The van der Waals surface area contributed by atoms with Crippen molar-refractivity contribution < 1.29 is 33.8 Å². The number of H-pyrrole nitrogens is 1. The zero-order valence-corrected chi connectivity index (χ0v) is 18.7. The van der Waals surface area contributed by atoms with Crippen LogP contribution in [0.4, 0.5) is 0 Å². The fourth-order valence-electron chi connectivity index (χ4n) is 3.60. The molecule has 1 fully saturated rings. The molecule has 1 aromatic carbocycles. The standard InChI is InChI=1S/C20H20N6O7S/c1-11(27)32-9-13-10-34-19-20(18(31)26(19)16(13)17(29)30,33-8-12-5-3-2-4-6-12)21-15(28)7-14-22-24-25-23-14/h2-6,19H,7-10H2,1H3,(H,21,28)(H,29,30)(H,22,23,24,25)/t19-,20+/m1/s1. The molecule has 0 saturated carbocycles. The quantitative estimate of drug-likeness (QED) is 0.237. The van der Waals surface area contributed by atoms with E-state index in [1.54, 1.807) is 24.3 Å². The van der Waals surface area contributed by atoms with Crippen LogP contribution in [-0.2, 0) is 41.7 Å². The lowest BCUT2D eigenvalue weighted by Gasteiger charge is -2.56. The summed E-state index contributed by atoms with van der Waals surface area (Å²) in [6.07, 6.45) is -0.267. The minimum Gasteiger partial charge on any atom is -0.477 e. The van der Waals surface area contributed by atoms with Gasteiger partial charge in [0.2, 0.25) is 5.91 Å². The number of aromatic amines is 1. The number of fused-ring (bicyclic) bond motifs is 1. The molecule has 1 aromatic heterocycles. The number of hydrogen-bond donors (Lipinski definition) is 3. The number of ether oxygens (including phenoxy) is 2. The molecule has 0 radical (unpaired) electrons. The summed E-state index contributed by atoms with van der Waals surface area (Å²) in [4.78, 5) is 50.4. The fourth-order valence-corrected chi connectivity index (χ4v) is 4.99. The summed E-state index contributed by atoms with van der Waals surface area (Å²) >= 11 is 1.19. The highest BCUT2D eigenvalue weighted by atomic mass is 32.2. The molecule has 2 amide bonds. The molecule has 4 rings (SSSR count). The Morgan fingerprint density at radius 3 is 2.71 bits per heavy atom. The van der Waals surface area contributed by atoms with E-state index in [1.807, 2.05) is 6.07 Å². The van der Waals surface area contributed by atoms with Crippen molar-refractivity contribution in [3.8, 4) is 0 Å². The smallest absolute Gasteiger partial charge is 0.352 e. The van der Waals surface area contributed by atoms with Gasteiger partial charge in [-0.1, -0.05) is 35.5 Å². The molecule has 13 nitrogen and oxygen atoms in total. The predicted molar refractivity (Wildman–Crippen MR) is 114 cm³/mol. The minimum absolute atomic E-state index is 0.00755. The molecular weight excluding hydrogens is 468 g/mol. The molecule has 0 bridgehead atoms. The van der Waals surface area contributed by atoms with E-state index < -0.39 is 34.9 Å². The highest BCUT2D eigenvalue weighted by Gasteiger charge is 2.67. The summed E-state index contributed by atoms with van der Waals surface area (Å²) in [7, 11) is 0. The SMILES string of the molecule is CC(=O)OCC1=C(C(=O)O)N2C(=O)[C@](NC(=O)Cc3nn[nH]n3)(OCc3ccccc3)[C@H]2SC1. The van der Waals surface area contributed by atoms with Gasteiger partial charge in [0.05, 0.1) is 13.0 Å². The summed E-state index contributed by atoms with van der Waals surface area (Å²) in [5.41, 5.74) is -1.08. The molecule has 0 aliphatic carbocycles. The first-order valence-corrected chi connectivity index (χ1v) is 11.1. The number of nitrogens with one attached hydrogen (secondary N) is 2. The van der Waals surface area contributed by atoms with Crippen LogP contribution in [0.1, 0.15) is 18.3 Å². The van der Waals surface area contributed by atoms with E-state index >= 15 is 0 Å². The van der Waals surface area contributed by atoms with Crippen LogP contribution in [0.15, 0.2) is 41.6 Å². The van der Waals surface area contributed by atoms with Gasteiger partial charge in [0.25, 0.3) is 11.6 Å². The predicted octanol–water partition coefficient (Wildman–Crippen LogP) is -0.412. The summed E-state index contributed by atoms with van der Waals surface area (Å²) in [5.74, 6) is -3.01. The lowest BCUT2D eigenvalue weighted by atomic mass is 9.97. The first kappa shape index (κ1) is 23.4. The molecule has 178 valence electrons. The molecule has 14 heteroatoms. The summed E-state index contributed by atoms with van der Waals surface area (Å²) in [6, 6.07) is 9.02. The second kappa shape index (κ2) is 9.61. The topological polar surface area (TPSA) is 177 Å². The van der Waals surface area contributed by atoms with Crippen molar-refractivity contribution in [3.63, 3.8) is 0 Å². The lowest BCUT2D eigenvalue weighted by molar-refractivity contribution is -0.201. The van der Waals surface area contributed by atoms with Crippen LogP contribution in [0.5, 0.6) is 0 Å². The number of amides is 2. The number of rotatable bonds is 9. The van der Waals surface area contributed by atoms with Crippen LogP contribution in [0.25, 0.3) is 0 Å². The molecule has 34 heavy (non-hydrogen) atoms. The zero-order chi connectivity index (χ0) is 24.3. The number of carbonyl (C=O) groups excluding carboxylic acids is 3. The molecule has 3 N–H and O–H groups in total. The van der Waals surface area contributed by atoms with Gasteiger partial charge >= 0.3 is 11.9 Å². The summed E-state index contributed by atoms with van der Waals surface area (Å²) in [5, 5.41) is 24.6. The van der Waals surface area contributed by atoms with E-state index in [-0.39, 0.29) is 42.5 Å². The second-order valence-corrected chi connectivity index (χ2v) is 8.51. The number of carbonyl (C=O) groups is 4. The number of aliphatic carboxylic acids is 1. The number of benzene rings is 1. The number of carboxylic acids is 1. The first-order chi connectivity index (χ1) is 16.3. The third-order valence-electron chi connectivity index (χ3n) is 5.10. The third kappa shape index (κ3) is 4.49. The average Bonchev–Trinajstić information content (AvgIpc) is 3.32. The van der Waals surface area contributed by atoms with Crippen LogP contribution in [-0.4, -0.2) is 77.8 Å². The first-order valence-electron chi connectivity index (χ1n) is 10.1. The Bertz CT molecular complexity index is 1140. The number of tetrazole rings is 1. The largest absolute Gasteiger partial charge is 0.477 e. The maximum atomic E-state index is 13.4. The van der Waals surface area contributed by atoms with E-state index in [0.717, 1.165) is 10.5 Å². The average molecular weight is 488 g/mol. The Morgan fingerprint density at radius 1 is 1.29 bits per heavy atom. The van der Waals surface area contributed by atoms with Crippen LogP contribution in [0.2, 0.25) is 0 Å². The van der Waals surface area contributed by atoms with Crippen molar-refractivity contribution in [2.45, 2.75) is 31.1 Å². The number of aromatic nitrogens is 4. The normalized spacial score (nSPS) is 21.5. The molecule has 0 spiro atoms. The Hall–Kier alpha value is -3.78. The van der Waals surface area contributed by atoms with Crippen LogP contribution >= 0.6 is 11.8 Å². The lowest BCUT2D eigenvalue weighted by Crippen LogP contribution is -2.81. The van der Waals surface area contributed by atoms with Crippen molar-refractivity contribution in [1.29, 1.82) is 0 Å². The van der Waals surface area contributed by atoms with E-state index in [9.17, 15) is 24.3 Å². The molecule has 2 aliphatic heterocycles. The molecule has 0 unspecified atom stereocenters. The van der Waals surface area contributed by atoms with E-state index in [2.05, 4.69) is 25.9 Å². The van der Waals surface area contributed by atoms with Crippen LogP contribution in [0, 0.1) is 0 Å². The van der Waals surface area contributed by atoms with Gasteiger partial charge < -0.3 is 19.9 Å². The fraction of sp³-hybridized carbons (Fsp3) is 0.350. The third-order valence-corrected chi connectivity index (χ3v) is 6.48. The number of hydrogen-bond acceptors (Lipinski definition) is 10. The van der Waals surface area contributed by atoms with Gasteiger partial charge in [-0.2, -0.15) is 5.21 Å². The number of esters is 1. The van der Waals surface area contributed by atoms with Crippen LogP contribution < -0.4 is 5.32 Å². The van der Waals surface area contributed by atoms with E-state index in [1.165, 1.54) is 18.7 Å². The van der Waals surface area contributed by atoms with Gasteiger partial charge in [-0.25, -0.2) is 4.79 Å². The molecule has 3 heterocycles. The highest BCUT2D eigenvalue weighted by Crippen LogP contribution is 2.47. The molecular formula is C20H20N6O7S. The van der Waals surface area contributed by atoms with Crippen molar-refractivity contribution in [2.75, 3.05) is 12.4 Å². The maximum Gasteiger partial charge on any atom is 0.352 e. The Kier molecular flexibility index (Phi) is 6.61. The number of carboxylic acid groups (broad SMARTS) is 1. The Labute approximate surface area is 196 Å². The van der Waals surface area contributed by atoms with Crippen molar-refractivity contribution in [1.82, 2.24) is 30.8 Å².